The van der Waals surface area contributed by atoms with Gasteiger partial charge in [0.2, 0.25) is 0 Å². The topological polar surface area (TPSA) is 104 Å². The third kappa shape index (κ3) is 11.1. The first-order valence-electron chi connectivity index (χ1n) is 8.56. The second-order valence-corrected chi connectivity index (χ2v) is 7.33. The third-order valence-electron chi connectivity index (χ3n) is 3.97. The van der Waals surface area contributed by atoms with E-state index in [-0.39, 0.29) is 44.7 Å². The number of hydrogen-bond acceptors (Lipinski definition) is 6. The minimum atomic E-state index is -3.35. The van der Waals surface area contributed by atoms with Crippen molar-refractivity contribution in [3.05, 3.63) is 0 Å². The van der Waals surface area contributed by atoms with Gasteiger partial charge in [0.15, 0.2) is 0 Å². The fourth-order valence-electron chi connectivity index (χ4n) is 2.65. The van der Waals surface area contributed by atoms with Gasteiger partial charge in [0.1, 0.15) is 0 Å². The molecule has 6 nitrogen and oxygen atoms in total. The average molecular weight is 358 g/mol. The van der Waals surface area contributed by atoms with E-state index in [1.165, 1.54) is 0 Å². The van der Waals surface area contributed by atoms with E-state index < -0.39 is 10.1 Å². The molecule has 0 amide bonds. The second-order valence-electron chi connectivity index (χ2n) is 5.69. The largest absolute Gasteiger partial charge is 0.396 e. The van der Waals surface area contributed by atoms with Gasteiger partial charge in [-0.3, -0.25) is 4.18 Å². The molecule has 7 heteroatoms. The molecule has 4 atom stereocenters. The molecule has 0 spiro atoms. The summed E-state index contributed by atoms with van der Waals surface area (Å²) < 4.78 is 32.0. The van der Waals surface area contributed by atoms with E-state index in [9.17, 15) is 13.5 Å². The van der Waals surface area contributed by atoms with Crippen LogP contribution in [-0.4, -0.2) is 55.4 Å². The van der Waals surface area contributed by atoms with Crippen LogP contribution in [0.5, 0.6) is 0 Å². The SMILES string of the molecule is C.CS(=O)(=O)OCC1CCCC1O.OCC1CCCC1O.[2H]CC. The lowest BCUT2D eigenvalue weighted by Crippen LogP contribution is -2.20. The lowest BCUT2D eigenvalue weighted by molar-refractivity contribution is 0.0908. The molecule has 142 valence electrons. The molecule has 0 radical (unpaired) electrons. The zero-order chi connectivity index (χ0) is 17.9. The van der Waals surface area contributed by atoms with Crippen LogP contribution in [0.3, 0.4) is 0 Å². The fraction of sp³-hybridized carbons (Fsp3) is 1.00. The second kappa shape index (κ2) is 13.1. The molecular formula is C16H36O6S. The van der Waals surface area contributed by atoms with Crippen LogP contribution in [0.2, 0.25) is 0 Å². The summed E-state index contributed by atoms with van der Waals surface area (Å²) in [5.41, 5.74) is 0. The molecule has 0 aromatic rings. The van der Waals surface area contributed by atoms with Gasteiger partial charge in [-0.1, -0.05) is 34.1 Å². The predicted octanol–water partition coefficient (Wildman–Crippen LogP) is 1.93. The maximum Gasteiger partial charge on any atom is 0.264 e. The normalized spacial score (nSPS) is 30.2. The summed E-state index contributed by atoms with van der Waals surface area (Å²) in [6.45, 7) is 2.57. The minimum absolute atomic E-state index is 0. The number of hydrogen-bond donors (Lipinski definition) is 3. The number of aliphatic hydroxyl groups excluding tert-OH is 3. The molecule has 4 unspecified atom stereocenters. The minimum Gasteiger partial charge on any atom is -0.396 e. The summed E-state index contributed by atoms with van der Waals surface area (Å²) in [5, 5.41) is 26.9. The molecule has 2 aliphatic carbocycles. The molecule has 2 aliphatic rings. The van der Waals surface area contributed by atoms with Crippen molar-refractivity contribution in [3.8, 4) is 0 Å². The standard InChI is InChI=1S/C7H14O4S.C6H12O2.C2H6.CH4/c1-12(9,10)11-5-6-3-2-4-7(6)8;7-4-5-2-1-3-6(5)8;1-2;/h6-8H,2-5H2,1H3;5-8H,1-4H2;1-2H3;1H4/i;;1D;. The van der Waals surface area contributed by atoms with E-state index in [0.717, 1.165) is 44.8 Å². The highest BCUT2D eigenvalue weighted by Crippen LogP contribution is 2.26. The Morgan fingerprint density at radius 3 is 1.78 bits per heavy atom. The molecular weight excluding hydrogens is 320 g/mol. The molecule has 2 rings (SSSR count). The molecule has 2 saturated carbocycles. The van der Waals surface area contributed by atoms with Gasteiger partial charge in [-0.2, -0.15) is 8.42 Å². The van der Waals surface area contributed by atoms with Crippen LogP contribution in [0, 0.1) is 11.8 Å². The summed E-state index contributed by atoms with van der Waals surface area (Å²) in [6, 6.07) is 0. The summed E-state index contributed by atoms with van der Waals surface area (Å²) >= 11 is 0. The highest BCUT2D eigenvalue weighted by molar-refractivity contribution is 7.85. The van der Waals surface area contributed by atoms with E-state index in [1.807, 2.05) is 0 Å². The molecule has 23 heavy (non-hydrogen) atoms. The molecule has 3 N–H and O–H groups in total. The number of rotatable bonds is 4. The highest BCUT2D eigenvalue weighted by Gasteiger charge is 2.26. The Morgan fingerprint density at radius 2 is 1.52 bits per heavy atom. The Balaban J connectivity index is 0. The summed E-state index contributed by atoms with van der Waals surface area (Å²) in [5.74, 6) is 0.176. The molecule has 0 saturated heterocycles. The number of aliphatic hydroxyl groups is 3. The Morgan fingerprint density at radius 1 is 1.09 bits per heavy atom. The van der Waals surface area contributed by atoms with Gasteiger partial charge >= 0.3 is 0 Å². The smallest absolute Gasteiger partial charge is 0.264 e. The summed E-state index contributed by atoms with van der Waals surface area (Å²) in [6.07, 6.45) is 5.95. The summed E-state index contributed by atoms with van der Waals surface area (Å²) in [4.78, 5) is 0. The van der Waals surface area contributed by atoms with Gasteiger partial charge < -0.3 is 15.3 Å². The average Bonchev–Trinajstić information content (AvgIpc) is 3.05. The fourth-order valence-corrected chi connectivity index (χ4v) is 3.07. The zero-order valence-corrected chi connectivity index (χ0v) is 14.5. The molecule has 0 aliphatic heterocycles. The van der Waals surface area contributed by atoms with Gasteiger partial charge in [-0.25, -0.2) is 0 Å². The monoisotopic (exact) mass is 357 g/mol. The molecule has 0 heterocycles. The van der Waals surface area contributed by atoms with Crippen LogP contribution < -0.4 is 0 Å². The predicted molar refractivity (Wildman–Crippen MR) is 92.7 cm³/mol. The van der Waals surface area contributed by atoms with Crippen molar-refractivity contribution >= 4 is 10.1 Å². The van der Waals surface area contributed by atoms with Crippen LogP contribution in [0.15, 0.2) is 0 Å². The van der Waals surface area contributed by atoms with Gasteiger partial charge in [0.25, 0.3) is 10.1 Å². The van der Waals surface area contributed by atoms with Crippen molar-refractivity contribution in [1.29, 1.82) is 0 Å². The molecule has 0 aromatic carbocycles. The van der Waals surface area contributed by atoms with Gasteiger partial charge in [-0.15, -0.1) is 0 Å². The van der Waals surface area contributed by atoms with E-state index in [4.69, 9.17) is 11.6 Å². The van der Waals surface area contributed by atoms with Crippen LogP contribution in [-0.2, 0) is 14.3 Å². The maximum atomic E-state index is 10.6. The third-order valence-corrected chi connectivity index (χ3v) is 4.53. The van der Waals surface area contributed by atoms with E-state index in [1.54, 1.807) is 6.92 Å². The van der Waals surface area contributed by atoms with Crippen LogP contribution >= 0.6 is 0 Å². The van der Waals surface area contributed by atoms with Crippen molar-refractivity contribution < 1.29 is 29.3 Å². The highest BCUT2D eigenvalue weighted by atomic mass is 32.2. The Bertz CT molecular complexity index is 390. The molecule has 2 fully saturated rings. The quantitative estimate of drug-likeness (QED) is 0.664. The lowest BCUT2D eigenvalue weighted by atomic mass is 10.1. The van der Waals surface area contributed by atoms with Crippen LogP contribution in [0.1, 0.15) is 61.1 Å². The molecule has 0 bridgehead atoms. The first-order chi connectivity index (χ1) is 10.7. The first-order valence-corrected chi connectivity index (χ1v) is 9.67. The van der Waals surface area contributed by atoms with Crippen molar-refractivity contribution in [3.63, 3.8) is 0 Å². The first kappa shape index (κ1) is 22.8. The lowest BCUT2D eigenvalue weighted by Gasteiger charge is -2.12. The van der Waals surface area contributed by atoms with Crippen molar-refractivity contribution in [1.82, 2.24) is 0 Å². The van der Waals surface area contributed by atoms with Crippen molar-refractivity contribution in [2.45, 2.75) is 72.0 Å². The van der Waals surface area contributed by atoms with Gasteiger partial charge in [0.05, 0.1) is 25.1 Å². The van der Waals surface area contributed by atoms with Crippen LogP contribution in [0.4, 0.5) is 0 Å². The van der Waals surface area contributed by atoms with Gasteiger partial charge in [0, 0.05) is 19.8 Å². The molecule has 0 aromatic heterocycles. The van der Waals surface area contributed by atoms with Crippen molar-refractivity contribution in [2.75, 3.05) is 19.5 Å². The van der Waals surface area contributed by atoms with E-state index in [2.05, 4.69) is 4.18 Å². The van der Waals surface area contributed by atoms with Crippen LogP contribution in [0.25, 0.3) is 0 Å². The van der Waals surface area contributed by atoms with E-state index >= 15 is 0 Å². The Hall–Kier alpha value is -0.210. The van der Waals surface area contributed by atoms with Gasteiger partial charge in [-0.05, 0) is 25.7 Å². The Labute approximate surface area is 143 Å². The maximum absolute atomic E-state index is 10.6. The zero-order valence-electron chi connectivity index (χ0n) is 14.6. The van der Waals surface area contributed by atoms with Crippen molar-refractivity contribution in [2.24, 2.45) is 11.8 Å². The van der Waals surface area contributed by atoms with E-state index in [0.29, 0.717) is 6.90 Å². The Kier molecular flexibility index (Phi) is 13.0. The summed E-state index contributed by atoms with van der Waals surface area (Å²) in [7, 11) is -3.35.